The minimum atomic E-state index is -3.53. The normalized spacial score (nSPS) is 14.5. The highest BCUT2D eigenvalue weighted by Gasteiger charge is 2.23. The molecule has 0 amide bonds. The van der Waals surface area contributed by atoms with Crippen molar-refractivity contribution < 1.29 is 13.2 Å². The maximum Gasteiger partial charge on any atom is 0.282 e. The van der Waals surface area contributed by atoms with E-state index in [0.717, 1.165) is 28.6 Å². The maximum atomic E-state index is 13.9. The first-order valence-electron chi connectivity index (χ1n) is 14.9. The number of aromatic amines is 1. The molecule has 236 valence electrons. The van der Waals surface area contributed by atoms with Crippen LogP contribution in [0.5, 0.6) is 0 Å². The van der Waals surface area contributed by atoms with Gasteiger partial charge in [-0.15, -0.1) is 0 Å². The van der Waals surface area contributed by atoms with Gasteiger partial charge in [0.1, 0.15) is 23.3 Å². The zero-order valence-corrected chi connectivity index (χ0v) is 26.4. The first-order valence-corrected chi connectivity index (χ1v) is 16.8. The van der Waals surface area contributed by atoms with Gasteiger partial charge in [-0.25, -0.2) is 22.9 Å². The van der Waals surface area contributed by atoms with Crippen molar-refractivity contribution in [2.45, 2.75) is 19.9 Å². The van der Waals surface area contributed by atoms with E-state index in [1.807, 2.05) is 68.6 Å². The molecule has 2 aromatic carbocycles. The molecule has 1 aliphatic rings. The zero-order valence-electron chi connectivity index (χ0n) is 25.6. The molecule has 1 fully saturated rings. The van der Waals surface area contributed by atoms with Crippen LogP contribution in [0.1, 0.15) is 24.4 Å². The fourth-order valence-corrected chi connectivity index (χ4v) is 6.50. The molecule has 14 heteroatoms. The van der Waals surface area contributed by atoms with Gasteiger partial charge in [0.15, 0.2) is 5.82 Å². The molecule has 0 spiro atoms. The molecule has 46 heavy (non-hydrogen) atoms. The summed E-state index contributed by atoms with van der Waals surface area (Å²) in [5.74, 6) is 1.03. The zero-order chi connectivity index (χ0) is 32.0. The Morgan fingerprint density at radius 2 is 1.80 bits per heavy atom. The van der Waals surface area contributed by atoms with Crippen molar-refractivity contribution in [3.8, 4) is 16.8 Å². The van der Waals surface area contributed by atoms with Crippen LogP contribution in [0.25, 0.3) is 33.4 Å². The van der Waals surface area contributed by atoms with Gasteiger partial charge in [-0.1, -0.05) is 18.2 Å². The van der Waals surface area contributed by atoms with E-state index in [2.05, 4.69) is 29.9 Å². The maximum absolute atomic E-state index is 13.9. The largest absolute Gasteiger partial charge is 0.378 e. The van der Waals surface area contributed by atoms with Crippen LogP contribution in [-0.4, -0.2) is 70.1 Å². The molecule has 0 aliphatic carbocycles. The summed E-state index contributed by atoms with van der Waals surface area (Å²) in [6.45, 7) is 6.36. The number of rotatable bonds is 8. The van der Waals surface area contributed by atoms with Gasteiger partial charge in [0.25, 0.3) is 5.56 Å². The van der Waals surface area contributed by atoms with E-state index in [4.69, 9.17) is 9.84 Å². The molecule has 4 aromatic heterocycles. The van der Waals surface area contributed by atoms with E-state index in [-0.39, 0.29) is 5.56 Å². The van der Waals surface area contributed by atoms with Crippen LogP contribution in [0.4, 0.5) is 17.2 Å². The number of nitrogens with zero attached hydrogens (tertiary/aromatic N) is 6. The molecule has 5 heterocycles. The Bertz CT molecular complexity index is 2240. The predicted molar refractivity (Wildman–Crippen MR) is 178 cm³/mol. The lowest BCUT2D eigenvalue weighted by atomic mass is 10.0. The van der Waals surface area contributed by atoms with Gasteiger partial charge in [-0.2, -0.15) is 5.10 Å². The fraction of sp³-hybridized carbons (Fsp3) is 0.250. The second kappa shape index (κ2) is 11.6. The number of hydrogen-bond donors (Lipinski definition) is 3. The van der Waals surface area contributed by atoms with Crippen LogP contribution in [0.2, 0.25) is 0 Å². The molecular weight excluding hydrogens is 606 g/mol. The number of ether oxygens (including phenoxy) is 1. The van der Waals surface area contributed by atoms with E-state index in [1.165, 1.54) is 6.33 Å². The predicted octanol–water partition coefficient (Wildman–Crippen LogP) is 4.11. The van der Waals surface area contributed by atoms with Gasteiger partial charge in [-0.3, -0.25) is 14.1 Å². The second-order valence-corrected chi connectivity index (χ2v) is 13.1. The van der Waals surface area contributed by atoms with Crippen molar-refractivity contribution in [3.63, 3.8) is 0 Å². The SMILES string of the molecule is Cc1ccn2nc(C(C)Nc3ncnc4[nH]cc(-c5cc(NS(C)(=O)=O)cc(N6CCOCC6)c5)c34)n(-c3ccccc3)c(=O)c12. The lowest BCUT2D eigenvalue weighted by Crippen LogP contribution is -2.36. The third kappa shape index (κ3) is 5.56. The third-order valence-corrected chi connectivity index (χ3v) is 8.65. The lowest BCUT2D eigenvalue weighted by molar-refractivity contribution is 0.122. The van der Waals surface area contributed by atoms with E-state index < -0.39 is 16.1 Å². The Labute approximate surface area is 264 Å². The van der Waals surface area contributed by atoms with E-state index in [9.17, 15) is 13.2 Å². The Balaban J connectivity index is 1.34. The second-order valence-electron chi connectivity index (χ2n) is 11.4. The summed E-state index contributed by atoms with van der Waals surface area (Å²) < 4.78 is 35.9. The average Bonchev–Trinajstić information content (AvgIpc) is 3.65. The molecule has 1 saturated heterocycles. The Morgan fingerprint density at radius 3 is 2.57 bits per heavy atom. The van der Waals surface area contributed by atoms with Crippen LogP contribution in [-0.2, 0) is 14.8 Å². The topological polar surface area (TPSA) is 152 Å². The van der Waals surface area contributed by atoms with Crippen LogP contribution in [0.15, 0.2) is 78.1 Å². The molecule has 1 unspecified atom stereocenters. The van der Waals surface area contributed by atoms with Gasteiger partial charge in [0.05, 0.1) is 42.3 Å². The molecule has 1 atom stereocenters. The summed E-state index contributed by atoms with van der Waals surface area (Å²) >= 11 is 0. The minimum Gasteiger partial charge on any atom is -0.378 e. The molecule has 7 rings (SSSR count). The molecule has 1 aliphatic heterocycles. The molecule has 0 bridgehead atoms. The van der Waals surface area contributed by atoms with Crippen molar-refractivity contribution in [1.82, 2.24) is 29.1 Å². The molecular formula is C32H33N9O4S. The number of H-pyrrole nitrogens is 1. The molecule has 0 saturated carbocycles. The van der Waals surface area contributed by atoms with Crippen molar-refractivity contribution in [3.05, 3.63) is 95.1 Å². The number of morpholine rings is 1. The summed E-state index contributed by atoms with van der Waals surface area (Å²) in [6, 6.07) is 16.5. The third-order valence-electron chi connectivity index (χ3n) is 8.05. The van der Waals surface area contributed by atoms with Gasteiger partial charge in [-0.05, 0) is 61.4 Å². The van der Waals surface area contributed by atoms with Crippen molar-refractivity contribution in [2.24, 2.45) is 0 Å². The molecule has 6 aromatic rings. The van der Waals surface area contributed by atoms with E-state index >= 15 is 0 Å². The highest BCUT2D eigenvalue weighted by atomic mass is 32.2. The number of aromatic nitrogens is 6. The van der Waals surface area contributed by atoms with Crippen molar-refractivity contribution in [1.29, 1.82) is 0 Å². The van der Waals surface area contributed by atoms with Crippen molar-refractivity contribution in [2.75, 3.05) is 47.5 Å². The Kier molecular flexibility index (Phi) is 7.45. The number of nitrogens with one attached hydrogen (secondary N) is 3. The number of aryl methyl sites for hydroxylation is 1. The summed E-state index contributed by atoms with van der Waals surface area (Å²) in [5, 5.41) is 9.08. The Morgan fingerprint density at radius 1 is 1.02 bits per heavy atom. The van der Waals surface area contributed by atoms with E-state index in [0.29, 0.717) is 65.9 Å². The highest BCUT2D eigenvalue weighted by molar-refractivity contribution is 7.92. The number of para-hydroxylation sites is 1. The highest BCUT2D eigenvalue weighted by Crippen LogP contribution is 2.37. The number of hydrogen-bond acceptors (Lipinski definition) is 9. The van der Waals surface area contributed by atoms with E-state index in [1.54, 1.807) is 21.3 Å². The van der Waals surface area contributed by atoms with Gasteiger partial charge < -0.3 is 19.9 Å². The fourth-order valence-electron chi connectivity index (χ4n) is 5.95. The van der Waals surface area contributed by atoms with Crippen LogP contribution in [0, 0.1) is 6.92 Å². The summed E-state index contributed by atoms with van der Waals surface area (Å²) in [7, 11) is -3.53. The van der Waals surface area contributed by atoms with Gasteiger partial charge >= 0.3 is 0 Å². The molecule has 3 N–H and O–H groups in total. The quantitative estimate of drug-likeness (QED) is 0.223. The number of anilines is 3. The minimum absolute atomic E-state index is 0.173. The number of sulfonamides is 1. The summed E-state index contributed by atoms with van der Waals surface area (Å²) in [4.78, 5) is 28.4. The van der Waals surface area contributed by atoms with Crippen LogP contribution < -0.4 is 20.5 Å². The number of benzene rings is 2. The van der Waals surface area contributed by atoms with Crippen LogP contribution in [0.3, 0.4) is 0 Å². The molecule has 0 radical (unpaired) electrons. The number of fused-ring (bicyclic) bond motifs is 2. The average molecular weight is 640 g/mol. The lowest BCUT2D eigenvalue weighted by Gasteiger charge is -2.29. The standard InChI is InChI=1S/C32H33N9O4S/c1-20-9-10-40-28(20)32(42)41(24-7-5-4-6-8-24)31(37-40)21(2)36-30-27-26(18-33-29(27)34-19-35-30)22-15-23(38-46(3,43)44)17-25(16-22)39-11-13-45-14-12-39/h4-10,15-19,21,38H,11-14H2,1-3H3,(H2,33,34,35,36). The van der Waals surface area contributed by atoms with Gasteiger partial charge in [0.2, 0.25) is 10.0 Å². The Hall–Kier alpha value is -5.21. The first kappa shape index (κ1) is 29.5. The van der Waals surface area contributed by atoms with Crippen molar-refractivity contribution >= 4 is 43.8 Å². The molecule has 13 nitrogen and oxygen atoms in total. The summed E-state index contributed by atoms with van der Waals surface area (Å²) in [5.41, 5.74) is 5.34. The smallest absolute Gasteiger partial charge is 0.282 e. The summed E-state index contributed by atoms with van der Waals surface area (Å²) in [6.07, 6.45) is 6.22. The first-order chi connectivity index (χ1) is 22.2. The van der Waals surface area contributed by atoms with Crippen LogP contribution >= 0.6 is 0 Å². The monoisotopic (exact) mass is 639 g/mol. The van der Waals surface area contributed by atoms with Gasteiger partial charge in [0, 0.05) is 36.7 Å².